The predicted molar refractivity (Wildman–Crippen MR) is 75.8 cm³/mol. The van der Waals surface area contributed by atoms with Crippen molar-refractivity contribution in [1.29, 1.82) is 0 Å². The van der Waals surface area contributed by atoms with Gasteiger partial charge in [-0.05, 0) is 64.7 Å². The minimum Gasteiger partial charge on any atom is -0.444 e. The summed E-state index contributed by atoms with van der Waals surface area (Å²) in [4.78, 5) is 14.1. The summed E-state index contributed by atoms with van der Waals surface area (Å²) in [7, 11) is 0. The minimum atomic E-state index is -0.411. The topological polar surface area (TPSA) is 55.6 Å². The Morgan fingerprint density at radius 3 is 2.63 bits per heavy atom. The second-order valence-corrected chi connectivity index (χ2v) is 7.16. The van der Waals surface area contributed by atoms with E-state index in [0.29, 0.717) is 12.0 Å². The van der Waals surface area contributed by atoms with E-state index >= 15 is 0 Å². The number of carbonyl (C=O) groups excluding carboxylic acids is 1. The van der Waals surface area contributed by atoms with Crippen molar-refractivity contribution in [3.05, 3.63) is 0 Å². The Labute approximate surface area is 116 Å². The number of nitrogens with zero attached hydrogens (tertiary/aromatic N) is 1. The van der Waals surface area contributed by atoms with Crippen LogP contribution in [0.25, 0.3) is 0 Å². The molecule has 19 heavy (non-hydrogen) atoms. The number of amides is 1. The number of hydrogen-bond donors (Lipinski definition) is 1. The van der Waals surface area contributed by atoms with Crippen molar-refractivity contribution in [2.24, 2.45) is 17.6 Å². The van der Waals surface area contributed by atoms with Gasteiger partial charge in [0.25, 0.3) is 0 Å². The van der Waals surface area contributed by atoms with Crippen molar-refractivity contribution in [1.82, 2.24) is 4.90 Å². The second-order valence-electron chi connectivity index (χ2n) is 7.16. The van der Waals surface area contributed by atoms with Gasteiger partial charge in [-0.15, -0.1) is 0 Å². The first-order valence-electron chi connectivity index (χ1n) is 7.58. The molecule has 2 fully saturated rings. The fourth-order valence-corrected chi connectivity index (χ4v) is 3.38. The summed E-state index contributed by atoms with van der Waals surface area (Å²) in [6.45, 7) is 7.41. The van der Waals surface area contributed by atoms with E-state index in [1.807, 2.05) is 25.7 Å². The van der Waals surface area contributed by atoms with Gasteiger partial charge in [-0.1, -0.05) is 0 Å². The lowest BCUT2D eigenvalue weighted by Gasteiger charge is -2.35. The summed E-state index contributed by atoms with van der Waals surface area (Å²) < 4.78 is 5.50. The van der Waals surface area contributed by atoms with Crippen LogP contribution in [-0.2, 0) is 4.74 Å². The minimum absolute atomic E-state index is 0.160. The summed E-state index contributed by atoms with van der Waals surface area (Å²) >= 11 is 0. The Kier molecular flexibility index (Phi) is 4.39. The van der Waals surface area contributed by atoms with Gasteiger partial charge in [0.15, 0.2) is 0 Å². The van der Waals surface area contributed by atoms with Crippen LogP contribution in [0.1, 0.15) is 52.9 Å². The summed E-state index contributed by atoms with van der Waals surface area (Å²) in [6.07, 6.45) is 5.60. The number of fused-ring (bicyclic) bond motifs is 1. The fourth-order valence-electron chi connectivity index (χ4n) is 3.38. The van der Waals surface area contributed by atoms with Crippen LogP contribution < -0.4 is 5.73 Å². The monoisotopic (exact) mass is 268 g/mol. The highest BCUT2D eigenvalue weighted by Crippen LogP contribution is 2.35. The average Bonchev–Trinajstić information content (AvgIpc) is 2.48. The van der Waals surface area contributed by atoms with Gasteiger partial charge < -0.3 is 15.4 Å². The highest BCUT2D eigenvalue weighted by Gasteiger charge is 2.34. The van der Waals surface area contributed by atoms with Gasteiger partial charge >= 0.3 is 6.09 Å². The van der Waals surface area contributed by atoms with Crippen LogP contribution in [0, 0.1) is 11.8 Å². The molecule has 1 heterocycles. The van der Waals surface area contributed by atoms with Gasteiger partial charge in [-0.2, -0.15) is 0 Å². The number of ether oxygens (including phenoxy) is 1. The van der Waals surface area contributed by atoms with Crippen LogP contribution in [-0.4, -0.2) is 35.7 Å². The third-order valence-electron chi connectivity index (χ3n) is 4.29. The number of carbonyl (C=O) groups is 1. The molecule has 2 N–H and O–H groups in total. The first-order chi connectivity index (χ1) is 8.85. The van der Waals surface area contributed by atoms with E-state index < -0.39 is 5.60 Å². The van der Waals surface area contributed by atoms with Crippen molar-refractivity contribution in [2.45, 2.75) is 64.5 Å². The molecule has 0 aromatic heterocycles. The van der Waals surface area contributed by atoms with Crippen molar-refractivity contribution < 1.29 is 9.53 Å². The highest BCUT2D eigenvalue weighted by molar-refractivity contribution is 5.68. The molecule has 3 atom stereocenters. The van der Waals surface area contributed by atoms with Gasteiger partial charge in [-0.3, -0.25) is 0 Å². The Bertz CT molecular complexity index is 325. The number of likely N-dealkylation sites (tertiary alicyclic amines) is 1. The van der Waals surface area contributed by atoms with Crippen LogP contribution in [0.5, 0.6) is 0 Å². The molecule has 0 spiro atoms. The summed E-state index contributed by atoms with van der Waals surface area (Å²) in [5, 5.41) is 0. The number of nitrogens with two attached hydrogens (primary N) is 1. The Hall–Kier alpha value is -0.770. The maximum atomic E-state index is 12.2. The smallest absolute Gasteiger partial charge is 0.410 e. The SMILES string of the molecule is CC(C)(C)OC(=O)N1CCCC2CCC(N)CC2C1. The van der Waals surface area contributed by atoms with Crippen LogP contribution in [0.15, 0.2) is 0 Å². The van der Waals surface area contributed by atoms with E-state index in [0.717, 1.165) is 38.3 Å². The van der Waals surface area contributed by atoms with Gasteiger partial charge in [0.1, 0.15) is 5.60 Å². The number of hydrogen-bond acceptors (Lipinski definition) is 3. The molecule has 110 valence electrons. The third-order valence-corrected chi connectivity index (χ3v) is 4.29. The molecule has 0 bridgehead atoms. The van der Waals surface area contributed by atoms with Crippen molar-refractivity contribution in [3.8, 4) is 0 Å². The maximum absolute atomic E-state index is 12.2. The van der Waals surface area contributed by atoms with Gasteiger partial charge in [0.2, 0.25) is 0 Å². The molecular weight excluding hydrogens is 240 g/mol. The molecular formula is C15H28N2O2. The molecule has 1 saturated heterocycles. The van der Waals surface area contributed by atoms with Crippen molar-refractivity contribution in [3.63, 3.8) is 0 Å². The zero-order chi connectivity index (χ0) is 14.0. The lowest BCUT2D eigenvalue weighted by Crippen LogP contribution is -2.42. The Morgan fingerprint density at radius 2 is 1.95 bits per heavy atom. The zero-order valence-electron chi connectivity index (χ0n) is 12.5. The Balaban J connectivity index is 1.97. The van der Waals surface area contributed by atoms with E-state index in [4.69, 9.17) is 10.5 Å². The van der Waals surface area contributed by atoms with E-state index in [9.17, 15) is 4.79 Å². The fraction of sp³-hybridized carbons (Fsp3) is 0.933. The van der Waals surface area contributed by atoms with E-state index in [-0.39, 0.29) is 6.09 Å². The highest BCUT2D eigenvalue weighted by atomic mass is 16.6. The van der Waals surface area contributed by atoms with E-state index in [2.05, 4.69) is 0 Å². The lowest BCUT2D eigenvalue weighted by molar-refractivity contribution is 0.0213. The van der Waals surface area contributed by atoms with Crippen LogP contribution in [0.2, 0.25) is 0 Å². The van der Waals surface area contributed by atoms with E-state index in [1.165, 1.54) is 12.8 Å². The average molecular weight is 268 g/mol. The van der Waals surface area contributed by atoms with Gasteiger partial charge in [0.05, 0.1) is 0 Å². The summed E-state index contributed by atoms with van der Waals surface area (Å²) in [5.41, 5.74) is 5.67. The van der Waals surface area contributed by atoms with Crippen LogP contribution in [0.4, 0.5) is 4.79 Å². The molecule has 1 amide bonds. The molecule has 2 aliphatic rings. The zero-order valence-corrected chi connectivity index (χ0v) is 12.5. The first-order valence-corrected chi connectivity index (χ1v) is 7.58. The normalized spacial score (nSPS) is 32.4. The molecule has 1 saturated carbocycles. The number of rotatable bonds is 0. The molecule has 4 heteroatoms. The third kappa shape index (κ3) is 4.10. The first kappa shape index (κ1) is 14.6. The van der Waals surface area contributed by atoms with Crippen molar-refractivity contribution in [2.75, 3.05) is 13.1 Å². The van der Waals surface area contributed by atoms with Crippen LogP contribution in [0.3, 0.4) is 0 Å². The molecule has 0 aromatic rings. The second kappa shape index (κ2) is 5.70. The molecule has 2 rings (SSSR count). The molecule has 0 aromatic carbocycles. The van der Waals surface area contributed by atoms with E-state index in [1.54, 1.807) is 0 Å². The molecule has 0 radical (unpaired) electrons. The van der Waals surface area contributed by atoms with Crippen LogP contribution >= 0.6 is 0 Å². The largest absolute Gasteiger partial charge is 0.444 e. The van der Waals surface area contributed by atoms with Crippen molar-refractivity contribution >= 4 is 6.09 Å². The lowest BCUT2D eigenvalue weighted by atomic mass is 9.75. The predicted octanol–water partition coefficient (Wildman–Crippen LogP) is 2.76. The summed E-state index contributed by atoms with van der Waals surface area (Å²) in [6, 6.07) is 0.319. The molecule has 4 nitrogen and oxygen atoms in total. The molecule has 1 aliphatic heterocycles. The maximum Gasteiger partial charge on any atom is 0.410 e. The molecule has 1 aliphatic carbocycles. The quantitative estimate of drug-likeness (QED) is 0.735. The van der Waals surface area contributed by atoms with Gasteiger partial charge in [-0.25, -0.2) is 4.79 Å². The summed E-state index contributed by atoms with van der Waals surface area (Å²) in [5.74, 6) is 1.33. The Morgan fingerprint density at radius 1 is 1.21 bits per heavy atom. The van der Waals surface area contributed by atoms with Gasteiger partial charge in [0, 0.05) is 19.1 Å². The molecule has 3 unspecified atom stereocenters. The standard InChI is InChI=1S/C15H28N2O2/c1-15(2,3)19-14(18)17-8-4-5-11-6-7-13(16)9-12(11)10-17/h11-13H,4-10,16H2,1-3H3.